The van der Waals surface area contributed by atoms with Gasteiger partial charge in [0.1, 0.15) is 0 Å². The van der Waals surface area contributed by atoms with Gasteiger partial charge in [0.05, 0.1) is 18.8 Å². The number of allylic oxidation sites excluding steroid dienone is 3. The standard InChI is InChI=1S/C16H18O3/c1-16-6-2-3-9-8-19-15(14(9)16)13-10(7-16)11(17)4-5-12(13)18/h2-3,6,11,14-15,17H,4-5,7-8H2,1H3/t11-,14+,15+,16+/m0/s1. The molecular weight excluding hydrogens is 240 g/mol. The molecule has 1 aliphatic heterocycles. The van der Waals surface area contributed by atoms with Gasteiger partial charge in [0.15, 0.2) is 5.78 Å². The summed E-state index contributed by atoms with van der Waals surface area (Å²) in [5, 5.41) is 10.2. The highest BCUT2D eigenvalue weighted by molar-refractivity contribution is 5.99. The monoisotopic (exact) mass is 258 g/mol. The minimum Gasteiger partial charge on any atom is -0.389 e. The van der Waals surface area contributed by atoms with Crippen molar-refractivity contribution >= 4 is 5.78 Å². The Balaban J connectivity index is 1.90. The van der Waals surface area contributed by atoms with Crippen LogP contribution in [0.15, 0.2) is 34.9 Å². The van der Waals surface area contributed by atoms with Crippen LogP contribution in [0.5, 0.6) is 0 Å². The number of Topliss-reactive ketones (excluding diaryl/α,β-unsaturated/α-hetero) is 1. The Morgan fingerprint density at radius 2 is 2.32 bits per heavy atom. The molecule has 0 aromatic heterocycles. The molecule has 19 heavy (non-hydrogen) atoms. The van der Waals surface area contributed by atoms with Crippen LogP contribution < -0.4 is 0 Å². The Bertz CT molecular complexity index is 554. The number of carbonyl (C=O) groups is 1. The molecule has 1 saturated heterocycles. The van der Waals surface area contributed by atoms with Gasteiger partial charge < -0.3 is 9.84 Å². The molecule has 4 aliphatic rings. The van der Waals surface area contributed by atoms with Gasteiger partial charge in [-0.3, -0.25) is 4.79 Å². The first kappa shape index (κ1) is 11.6. The zero-order valence-electron chi connectivity index (χ0n) is 11.1. The van der Waals surface area contributed by atoms with Crippen molar-refractivity contribution in [3.05, 3.63) is 34.9 Å². The van der Waals surface area contributed by atoms with Crippen molar-refractivity contribution < 1.29 is 14.6 Å². The maximum Gasteiger partial charge on any atom is 0.161 e. The SMILES string of the molecule is C[C@@]12C=CC=C3CO[C@H](C4=C(C1)[C@@H](O)CCC4=O)[C@@H]32. The van der Waals surface area contributed by atoms with E-state index < -0.39 is 6.10 Å². The van der Waals surface area contributed by atoms with Crippen molar-refractivity contribution in [2.45, 2.75) is 38.4 Å². The fraction of sp³-hybridized carbons (Fsp3) is 0.562. The van der Waals surface area contributed by atoms with Crippen molar-refractivity contribution in [2.75, 3.05) is 6.61 Å². The summed E-state index contributed by atoms with van der Waals surface area (Å²) in [7, 11) is 0. The largest absolute Gasteiger partial charge is 0.389 e. The van der Waals surface area contributed by atoms with Crippen LogP contribution in [-0.2, 0) is 9.53 Å². The Morgan fingerprint density at radius 3 is 3.16 bits per heavy atom. The molecule has 0 spiro atoms. The van der Waals surface area contributed by atoms with Crippen LogP contribution in [0.3, 0.4) is 0 Å². The number of carbonyl (C=O) groups excluding carboxylic acids is 1. The van der Waals surface area contributed by atoms with Gasteiger partial charge in [-0.2, -0.15) is 0 Å². The van der Waals surface area contributed by atoms with Gasteiger partial charge in [-0.25, -0.2) is 0 Å². The molecule has 1 fully saturated rings. The smallest absolute Gasteiger partial charge is 0.161 e. The first-order valence-electron chi connectivity index (χ1n) is 7.04. The van der Waals surface area contributed by atoms with Gasteiger partial charge in [-0.15, -0.1) is 0 Å². The maximum atomic E-state index is 12.3. The van der Waals surface area contributed by atoms with E-state index in [0.717, 1.165) is 17.6 Å². The third-order valence-electron chi connectivity index (χ3n) is 5.18. The molecule has 0 amide bonds. The molecule has 3 aliphatic carbocycles. The number of fused-ring (bicyclic) bond motifs is 1. The lowest BCUT2D eigenvalue weighted by molar-refractivity contribution is -0.119. The van der Waals surface area contributed by atoms with E-state index in [0.29, 0.717) is 19.4 Å². The molecule has 4 rings (SSSR count). The van der Waals surface area contributed by atoms with Crippen molar-refractivity contribution in [1.29, 1.82) is 0 Å². The molecule has 4 atom stereocenters. The molecule has 0 saturated carbocycles. The molecule has 0 radical (unpaired) electrons. The quantitative estimate of drug-likeness (QED) is 0.722. The minimum absolute atomic E-state index is 0.0112. The van der Waals surface area contributed by atoms with Gasteiger partial charge in [0.25, 0.3) is 0 Å². The van der Waals surface area contributed by atoms with E-state index in [1.807, 2.05) is 0 Å². The van der Waals surface area contributed by atoms with E-state index in [1.165, 1.54) is 5.57 Å². The summed E-state index contributed by atoms with van der Waals surface area (Å²) in [6, 6.07) is 0. The second-order valence-electron chi connectivity index (χ2n) is 6.41. The van der Waals surface area contributed by atoms with E-state index in [1.54, 1.807) is 0 Å². The summed E-state index contributed by atoms with van der Waals surface area (Å²) in [5.41, 5.74) is 3.02. The molecule has 100 valence electrons. The molecule has 0 bridgehead atoms. The molecular formula is C16H18O3. The minimum atomic E-state index is -0.461. The molecule has 0 aromatic carbocycles. The van der Waals surface area contributed by atoms with Gasteiger partial charge in [0.2, 0.25) is 0 Å². The van der Waals surface area contributed by atoms with E-state index in [4.69, 9.17) is 4.74 Å². The summed E-state index contributed by atoms with van der Waals surface area (Å²) in [5.74, 6) is 0.466. The molecule has 1 N–H and O–H groups in total. The van der Waals surface area contributed by atoms with Crippen molar-refractivity contribution in [3.8, 4) is 0 Å². The number of ketones is 1. The first-order chi connectivity index (χ1) is 9.10. The highest BCUT2D eigenvalue weighted by Crippen LogP contribution is 2.55. The van der Waals surface area contributed by atoms with Gasteiger partial charge in [0, 0.05) is 17.9 Å². The van der Waals surface area contributed by atoms with Crippen LogP contribution in [0.2, 0.25) is 0 Å². The van der Waals surface area contributed by atoms with Crippen LogP contribution in [0.1, 0.15) is 26.2 Å². The summed E-state index contributed by atoms with van der Waals surface area (Å²) in [6.07, 6.45) is 7.66. The highest BCUT2D eigenvalue weighted by atomic mass is 16.5. The van der Waals surface area contributed by atoms with Gasteiger partial charge in [-0.1, -0.05) is 25.2 Å². The summed E-state index contributed by atoms with van der Waals surface area (Å²) in [4.78, 5) is 12.3. The summed E-state index contributed by atoms with van der Waals surface area (Å²) >= 11 is 0. The lowest BCUT2D eigenvalue weighted by Gasteiger charge is -2.46. The topological polar surface area (TPSA) is 46.5 Å². The predicted molar refractivity (Wildman–Crippen MR) is 70.5 cm³/mol. The van der Waals surface area contributed by atoms with Crippen molar-refractivity contribution in [2.24, 2.45) is 11.3 Å². The van der Waals surface area contributed by atoms with Crippen LogP contribution >= 0.6 is 0 Å². The average molecular weight is 258 g/mol. The van der Waals surface area contributed by atoms with Crippen LogP contribution in [0.25, 0.3) is 0 Å². The number of hydrogen-bond acceptors (Lipinski definition) is 3. The van der Waals surface area contributed by atoms with Gasteiger partial charge >= 0.3 is 0 Å². The van der Waals surface area contributed by atoms with E-state index >= 15 is 0 Å². The van der Waals surface area contributed by atoms with E-state index in [9.17, 15) is 9.90 Å². The number of rotatable bonds is 0. The third kappa shape index (κ3) is 1.43. The predicted octanol–water partition coefficient (Wildman–Crippen LogP) is 1.93. The summed E-state index contributed by atoms with van der Waals surface area (Å²) < 4.78 is 5.93. The van der Waals surface area contributed by atoms with E-state index in [-0.39, 0.29) is 23.2 Å². The summed E-state index contributed by atoms with van der Waals surface area (Å²) in [6.45, 7) is 2.84. The highest BCUT2D eigenvalue weighted by Gasteiger charge is 2.53. The average Bonchev–Trinajstić information content (AvgIpc) is 2.80. The van der Waals surface area contributed by atoms with Crippen molar-refractivity contribution in [3.63, 3.8) is 0 Å². The number of ether oxygens (including phenoxy) is 1. The molecule has 0 aromatic rings. The zero-order chi connectivity index (χ0) is 13.2. The lowest BCUT2D eigenvalue weighted by atomic mass is 9.58. The maximum absolute atomic E-state index is 12.3. The zero-order valence-corrected chi connectivity index (χ0v) is 11.1. The fourth-order valence-corrected chi connectivity index (χ4v) is 4.30. The van der Waals surface area contributed by atoms with Crippen molar-refractivity contribution in [1.82, 2.24) is 0 Å². The molecule has 3 heteroatoms. The molecule has 0 unspecified atom stereocenters. The number of aliphatic hydroxyl groups excluding tert-OH is 1. The Hall–Kier alpha value is -1.19. The van der Waals surface area contributed by atoms with Gasteiger partial charge in [-0.05, 0) is 29.4 Å². The van der Waals surface area contributed by atoms with E-state index in [2.05, 4.69) is 25.2 Å². The Kier molecular flexibility index (Phi) is 2.25. The first-order valence-corrected chi connectivity index (χ1v) is 7.04. The Labute approximate surface area is 112 Å². The normalized spacial score (nSPS) is 44.0. The second kappa shape index (κ2) is 3.68. The second-order valence-corrected chi connectivity index (χ2v) is 6.41. The molecule has 1 heterocycles. The lowest BCUT2D eigenvalue weighted by Crippen LogP contribution is -2.45. The molecule has 3 nitrogen and oxygen atoms in total. The number of hydrogen-bond donors (Lipinski definition) is 1. The van der Waals surface area contributed by atoms with Crippen LogP contribution in [-0.4, -0.2) is 29.7 Å². The Morgan fingerprint density at radius 1 is 1.47 bits per heavy atom. The van der Waals surface area contributed by atoms with Crippen LogP contribution in [0.4, 0.5) is 0 Å². The fourth-order valence-electron chi connectivity index (χ4n) is 4.30. The number of aliphatic hydroxyl groups is 1. The third-order valence-corrected chi connectivity index (χ3v) is 5.18. The van der Waals surface area contributed by atoms with Crippen LogP contribution in [0, 0.1) is 11.3 Å².